The molecule has 1 aliphatic heterocycles. The van der Waals surface area contributed by atoms with Gasteiger partial charge in [0.05, 0.1) is 5.69 Å². The number of nitrogen functional groups attached to an aromatic ring is 1. The second-order valence-electron chi connectivity index (χ2n) is 5.07. The highest BCUT2D eigenvalue weighted by Crippen LogP contribution is 2.20. The lowest BCUT2D eigenvalue weighted by Gasteiger charge is -2.35. The second kappa shape index (κ2) is 5.43. The number of hydrogen-bond acceptors (Lipinski definition) is 5. The first-order valence-electron chi connectivity index (χ1n) is 6.89. The van der Waals surface area contributed by atoms with Gasteiger partial charge in [-0.05, 0) is 18.2 Å². The molecule has 0 unspecified atom stereocenters. The molecule has 21 heavy (non-hydrogen) atoms. The summed E-state index contributed by atoms with van der Waals surface area (Å²) in [5.41, 5.74) is 7.10. The van der Waals surface area contributed by atoms with Crippen LogP contribution in [-0.2, 0) is 7.05 Å². The molecule has 0 saturated carbocycles. The Morgan fingerprint density at radius 1 is 1.24 bits per heavy atom. The Kier molecular flexibility index (Phi) is 3.47. The summed E-state index contributed by atoms with van der Waals surface area (Å²) in [5, 5.41) is 4.16. The van der Waals surface area contributed by atoms with E-state index in [4.69, 9.17) is 5.73 Å². The van der Waals surface area contributed by atoms with Gasteiger partial charge in [-0.25, -0.2) is 4.98 Å². The molecule has 2 aromatic heterocycles. The molecule has 3 rings (SSSR count). The van der Waals surface area contributed by atoms with E-state index >= 15 is 0 Å². The molecule has 0 bridgehead atoms. The molecule has 0 atom stereocenters. The molecule has 0 spiro atoms. The van der Waals surface area contributed by atoms with Crippen LogP contribution in [0.2, 0.25) is 0 Å². The van der Waals surface area contributed by atoms with Gasteiger partial charge in [0.15, 0.2) is 5.82 Å². The molecule has 2 aromatic rings. The summed E-state index contributed by atoms with van der Waals surface area (Å²) in [6.45, 7) is 2.73. The standard InChI is InChI=1S/C14H18N6O/c1-18-6-4-12(17-18)14(21)20-9-7-19(8-10-20)13-11(15)3-2-5-16-13/h2-6H,7-10,15H2,1H3. The van der Waals surface area contributed by atoms with Crippen molar-refractivity contribution >= 4 is 17.4 Å². The molecule has 3 heterocycles. The number of hydrogen-bond donors (Lipinski definition) is 1. The zero-order valence-electron chi connectivity index (χ0n) is 11.9. The lowest BCUT2D eigenvalue weighted by molar-refractivity contribution is 0.0740. The monoisotopic (exact) mass is 286 g/mol. The number of nitrogens with zero attached hydrogens (tertiary/aromatic N) is 5. The van der Waals surface area contributed by atoms with Crippen molar-refractivity contribution in [3.05, 3.63) is 36.3 Å². The van der Waals surface area contributed by atoms with Gasteiger partial charge >= 0.3 is 0 Å². The average Bonchev–Trinajstić information content (AvgIpc) is 2.94. The van der Waals surface area contributed by atoms with Gasteiger partial charge in [-0.1, -0.05) is 0 Å². The minimum Gasteiger partial charge on any atom is -0.396 e. The summed E-state index contributed by atoms with van der Waals surface area (Å²) in [6.07, 6.45) is 3.51. The van der Waals surface area contributed by atoms with Gasteiger partial charge in [0.25, 0.3) is 5.91 Å². The van der Waals surface area contributed by atoms with Gasteiger partial charge in [-0.15, -0.1) is 0 Å². The molecule has 7 heteroatoms. The fourth-order valence-electron chi connectivity index (χ4n) is 2.49. The van der Waals surface area contributed by atoms with Gasteiger partial charge < -0.3 is 15.5 Å². The number of anilines is 2. The number of pyridine rings is 1. The SMILES string of the molecule is Cn1ccc(C(=O)N2CCN(c3ncccc3N)CC2)n1. The predicted molar refractivity (Wildman–Crippen MR) is 80.0 cm³/mol. The Morgan fingerprint density at radius 2 is 2.00 bits per heavy atom. The van der Waals surface area contributed by atoms with Crippen LogP contribution in [0.3, 0.4) is 0 Å². The van der Waals surface area contributed by atoms with E-state index in [0.717, 1.165) is 18.9 Å². The number of nitrogens with two attached hydrogens (primary N) is 1. The van der Waals surface area contributed by atoms with Crippen LogP contribution >= 0.6 is 0 Å². The molecule has 110 valence electrons. The van der Waals surface area contributed by atoms with Crippen LogP contribution in [0.15, 0.2) is 30.6 Å². The Hall–Kier alpha value is -2.57. The van der Waals surface area contributed by atoms with Crippen molar-refractivity contribution in [1.82, 2.24) is 19.7 Å². The van der Waals surface area contributed by atoms with E-state index in [1.165, 1.54) is 0 Å². The molecule has 1 fully saturated rings. The molecular formula is C14H18N6O. The van der Waals surface area contributed by atoms with Crippen molar-refractivity contribution < 1.29 is 4.79 Å². The Morgan fingerprint density at radius 3 is 2.62 bits per heavy atom. The quantitative estimate of drug-likeness (QED) is 0.862. The maximum atomic E-state index is 12.3. The third-order valence-corrected chi connectivity index (χ3v) is 3.62. The summed E-state index contributed by atoms with van der Waals surface area (Å²) < 4.78 is 1.64. The van der Waals surface area contributed by atoms with E-state index in [1.54, 1.807) is 30.2 Å². The average molecular weight is 286 g/mol. The maximum absolute atomic E-state index is 12.3. The highest BCUT2D eigenvalue weighted by Gasteiger charge is 2.24. The smallest absolute Gasteiger partial charge is 0.274 e. The van der Waals surface area contributed by atoms with Crippen LogP contribution in [-0.4, -0.2) is 51.8 Å². The van der Waals surface area contributed by atoms with Crippen molar-refractivity contribution in [3.63, 3.8) is 0 Å². The normalized spacial score (nSPS) is 15.3. The largest absolute Gasteiger partial charge is 0.396 e. The van der Waals surface area contributed by atoms with Crippen molar-refractivity contribution in [2.45, 2.75) is 0 Å². The zero-order valence-corrected chi connectivity index (χ0v) is 11.9. The Balaban J connectivity index is 1.65. The summed E-state index contributed by atoms with van der Waals surface area (Å²) >= 11 is 0. The molecule has 1 saturated heterocycles. The van der Waals surface area contributed by atoms with E-state index in [1.807, 2.05) is 17.0 Å². The van der Waals surface area contributed by atoms with Crippen LogP contribution in [0.4, 0.5) is 11.5 Å². The third kappa shape index (κ3) is 2.67. The topological polar surface area (TPSA) is 80.3 Å². The molecule has 7 nitrogen and oxygen atoms in total. The summed E-state index contributed by atoms with van der Waals surface area (Å²) in [6, 6.07) is 5.40. The summed E-state index contributed by atoms with van der Waals surface area (Å²) in [4.78, 5) is 20.6. The van der Waals surface area contributed by atoms with Gasteiger partial charge in [0.1, 0.15) is 5.69 Å². The van der Waals surface area contributed by atoms with E-state index < -0.39 is 0 Å². The highest BCUT2D eigenvalue weighted by atomic mass is 16.2. The summed E-state index contributed by atoms with van der Waals surface area (Å²) in [5.74, 6) is 0.770. The molecule has 1 amide bonds. The van der Waals surface area contributed by atoms with Gasteiger partial charge in [-0.3, -0.25) is 9.48 Å². The lowest BCUT2D eigenvalue weighted by atomic mass is 10.2. The van der Waals surface area contributed by atoms with Crippen LogP contribution in [0.5, 0.6) is 0 Å². The Labute approximate surface area is 123 Å². The first-order valence-corrected chi connectivity index (χ1v) is 6.89. The van der Waals surface area contributed by atoms with Crippen LogP contribution in [0.1, 0.15) is 10.5 Å². The molecule has 2 N–H and O–H groups in total. The van der Waals surface area contributed by atoms with E-state index in [0.29, 0.717) is 24.5 Å². The number of aromatic nitrogens is 3. The third-order valence-electron chi connectivity index (χ3n) is 3.62. The highest BCUT2D eigenvalue weighted by molar-refractivity contribution is 5.92. The summed E-state index contributed by atoms with van der Waals surface area (Å²) in [7, 11) is 1.80. The predicted octanol–water partition coefficient (Wildman–Crippen LogP) is 0.360. The Bertz CT molecular complexity index is 644. The number of amides is 1. The lowest BCUT2D eigenvalue weighted by Crippen LogP contribution is -2.49. The number of carbonyl (C=O) groups excluding carboxylic acids is 1. The van der Waals surface area contributed by atoms with Crippen molar-refractivity contribution in [3.8, 4) is 0 Å². The molecule has 0 aliphatic carbocycles. The second-order valence-corrected chi connectivity index (χ2v) is 5.07. The van der Waals surface area contributed by atoms with Gasteiger partial charge in [0, 0.05) is 45.6 Å². The van der Waals surface area contributed by atoms with E-state index in [2.05, 4.69) is 15.0 Å². The van der Waals surface area contributed by atoms with Crippen molar-refractivity contribution in [2.24, 2.45) is 7.05 Å². The van der Waals surface area contributed by atoms with Crippen LogP contribution < -0.4 is 10.6 Å². The number of aryl methyl sites for hydroxylation is 1. The van der Waals surface area contributed by atoms with Crippen molar-refractivity contribution in [2.75, 3.05) is 36.8 Å². The van der Waals surface area contributed by atoms with Gasteiger partial charge in [0.2, 0.25) is 0 Å². The fraction of sp³-hybridized carbons (Fsp3) is 0.357. The first kappa shape index (κ1) is 13.4. The minimum absolute atomic E-state index is 0.0238. The number of piperazine rings is 1. The van der Waals surface area contributed by atoms with Gasteiger partial charge in [-0.2, -0.15) is 5.10 Å². The van der Waals surface area contributed by atoms with Crippen LogP contribution in [0.25, 0.3) is 0 Å². The van der Waals surface area contributed by atoms with Crippen LogP contribution in [0, 0.1) is 0 Å². The van der Waals surface area contributed by atoms with E-state index in [9.17, 15) is 4.79 Å². The minimum atomic E-state index is -0.0238. The molecule has 1 aliphatic rings. The number of rotatable bonds is 2. The number of carbonyl (C=O) groups is 1. The zero-order chi connectivity index (χ0) is 14.8. The van der Waals surface area contributed by atoms with Crippen molar-refractivity contribution in [1.29, 1.82) is 0 Å². The molecule has 0 aromatic carbocycles. The molecule has 0 radical (unpaired) electrons. The van der Waals surface area contributed by atoms with E-state index in [-0.39, 0.29) is 5.91 Å². The molecular weight excluding hydrogens is 268 g/mol. The first-order chi connectivity index (χ1) is 10.1. The fourth-order valence-corrected chi connectivity index (χ4v) is 2.49. The maximum Gasteiger partial charge on any atom is 0.274 e.